The lowest BCUT2D eigenvalue weighted by Crippen LogP contribution is -2.56. The summed E-state index contributed by atoms with van der Waals surface area (Å²) in [7, 11) is 0. The van der Waals surface area contributed by atoms with E-state index in [1.807, 2.05) is 0 Å². The van der Waals surface area contributed by atoms with Gasteiger partial charge in [0.25, 0.3) is 5.91 Å². The molecule has 0 aromatic heterocycles. The smallest absolute Gasteiger partial charge is 0.334 e. The number of benzene rings is 1. The molecule has 25 heavy (non-hydrogen) atoms. The minimum Gasteiger partial charge on any atom is -0.479 e. The predicted molar refractivity (Wildman–Crippen MR) is 86.4 cm³/mol. The van der Waals surface area contributed by atoms with Gasteiger partial charge < -0.3 is 20.1 Å². The fourth-order valence-electron chi connectivity index (χ4n) is 2.53. The summed E-state index contributed by atoms with van der Waals surface area (Å²) in [6, 6.07) is 4.19. The number of rotatable bonds is 5. The van der Waals surface area contributed by atoms with Gasteiger partial charge in [-0.25, -0.2) is 9.18 Å². The number of hydrogen-bond acceptors (Lipinski definition) is 4. The van der Waals surface area contributed by atoms with E-state index >= 15 is 0 Å². The topological polar surface area (TPSA) is 95.9 Å². The van der Waals surface area contributed by atoms with Gasteiger partial charge in [0, 0.05) is 12.1 Å². The summed E-state index contributed by atoms with van der Waals surface area (Å²) in [5.74, 6) is -2.65. The molecular formula is C17H21FN2O5. The Balaban J connectivity index is 2.08. The van der Waals surface area contributed by atoms with E-state index in [0.717, 1.165) is 0 Å². The van der Waals surface area contributed by atoms with Crippen molar-refractivity contribution >= 4 is 17.8 Å². The Labute approximate surface area is 144 Å². The lowest BCUT2D eigenvalue weighted by Gasteiger charge is -2.34. The molecule has 0 spiro atoms. The Bertz CT molecular complexity index is 647. The number of amides is 2. The maximum Gasteiger partial charge on any atom is 0.334 e. The van der Waals surface area contributed by atoms with Crippen LogP contribution in [0, 0.1) is 11.7 Å². The van der Waals surface area contributed by atoms with Crippen molar-refractivity contribution in [2.75, 3.05) is 19.7 Å². The van der Waals surface area contributed by atoms with Gasteiger partial charge in [-0.15, -0.1) is 0 Å². The van der Waals surface area contributed by atoms with Crippen LogP contribution < -0.4 is 5.32 Å². The summed E-state index contributed by atoms with van der Waals surface area (Å²) in [6.07, 6.45) is -1.07. The Kier molecular flexibility index (Phi) is 6.08. The van der Waals surface area contributed by atoms with Crippen LogP contribution >= 0.6 is 0 Å². The quantitative estimate of drug-likeness (QED) is 0.821. The minimum absolute atomic E-state index is 0.0657. The zero-order chi connectivity index (χ0) is 18.6. The Morgan fingerprint density at radius 2 is 1.92 bits per heavy atom. The number of ether oxygens (including phenoxy) is 1. The molecule has 1 aromatic carbocycles. The van der Waals surface area contributed by atoms with E-state index in [-0.39, 0.29) is 37.1 Å². The highest BCUT2D eigenvalue weighted by atomic mass is 19.1. The highest BCUT2D eigenvalue weighted by Gasteiger charge is 2.34. The van der Waals surface area contributed by atoms with E-state index in [1.54, 1.807) is 13.8 Å². The van der Waals surface area contributed by atoms with Crippen molar-refractivity contribution < 1.29 is 28.6 Å². The molecule has 7 nitrogen and oxygen atoms in total. The van der Waals surface area contributed by atoms with E-state index < -0.39 is 29.8 Å². The summed E-state index contributed by atoms with van der Waals surface area (Å²) in [6.45, 7) is 3.88. The van der Waals surface area contributed by atoms with Crippen LogP contribution in [0.3, 0.4) is 0 Å². The number of hydrogen-bond donors (Lipinski definition) is 2. The molecule has 2 unspecified atom stereocenters. The van der Waals surface area contributed by atoms with E-state index in [2.05, 4.69) is 5.32 Å². The molecule has 0 radical (unpaired) electrons. The van der Waals surface area contributed by atoms with E-state index in [9.17, 15) is 18.8 Å². The largest absolute Gasteiger partial charge is 0.479 e. The van der Waals surface area contributed by atoms with Crippen molar-refractivity contribution in [1.29, 1.82) is 0 Å². The van der Waals surface area contributed by atoms with Gasteiger partial charge in [0.2, 0.25) is 5.91 Å². The average molecular weight is 352 g/mol. The first-order valence-electron chi connectivity index (χ1n) is 7.99. The zero-order valence-electron chi connectivity index (χ0n) is 14.1. The van der Waals surface area contributed by atoms with Gasteiger partial charge in [-0.1, -0.05) is 13.8 Å². The molecule has 1 heterocycles. The number of carboxylic acids is 1. The van der Waals surface area contributed by atoms with E-state index in [4.69, 9.17) is 9.84 Å². The summed E-state index contributed by atoms with van der Waals surface area (Å²) in [4.78, 5) is 37.5. The molecule has 1 fully saturated rings. The van der Waals surface area contributed by atoms with Crippen LogP contribution in [0.15, 0.2) is 24.3 Å². The molecule has 2 rings (SSSR count). The third kappa shape index (κ3) is 4.76. The second-order valence-corrected chi connectivity index (χ2v) is 6.18. The molecule has 1 aromatic rings. The predicted octanol–water partition coefficient (Wildman–Crippen LogP) is 0.892. The third-order valence-electron chi connectivity index (χ3n) is 3.98. The van der Waals surface area contributed by atoms with Crippen molar-refractivity contribution in [3.63, 3.8) is 0 Å². The highest BCUT2D eigenvalue weighted by Crippen LogP contribution is 2.13. The summed E-state index contributed by atoms with van der Waals surface area (Å²) >= 11 is 0. The lowest BCUT2D eigenvalue weighted by atomic mass is 10.0. The molecule has 136 valence electrons. The number of halogens is 1. The van der Waals surface area contributed by atoms with Crippen LogP contribution in [-0.2, 0) is 14.3 Å². The number of nitrogens with zero attached hydrogens (tertiary/aromatic N) is 1. The van der Waals surface area contributed by atoms with Crippen LogP contribution in [0.2, 0.25) is 0 Å². The SMILES string of the molecule is CC(C)C(NC(=O)c1ccc(F)cc1)C(=O)N1CCOC(C(=O)O)C1. The molecule has 0 saturated carbocycles. The summed E-state index contributed by atoms with van der Waals surface area (Å²) in [5.41, 5.74) is 0.241. The van der Waals surface area contributed by atoms with E-state index in [0.29, 0.717) is 0 Å². The van der Waals surface area contributed by atoms with Crippen molar-refractivity contribution in [3.05, 3.63) is 35.6 Å². The number of aliphatic carboxylic acids is 1. The van der Waals surface area contributed by atoms with Gasteiger partial charge in [-0.3, -0.25) is 9.59 Å². The summed E-state index contributed by atoms with van der Waals surface area (Å²) < 4.78 is 18.1. The minimum atomic E-state index is -1.13. The Morgan fingerprint density at radius 1 is 1.28 bits per heavy atom. The van der Waals surface area contributed by atoms with Crippen LogP contribution in [-0.4, -0.2) is 59.6 Å². The number of carbonyl (C=O) groups is 3. The number of nitrogens with one attached hydrogen (secondary N) is 1. The number of morpholine rings is 1. The molecule has 2 atom stereocenters. The van der Waals surface area contributed by atoms with Crippen molar-refractivity contribution in [3.8, 4) is 0 Å². The maximum atomic E-state index is 13.0. The van der Waals surface area contributed by atoms with Crippen molar-refractivity contribution in [1.82, 2.24) is 10.2 Å². The van der Waals surface area contributed by atoms with Crippen molar-refractivity contribution in [2.24, 2.45) is 5.92 Å². The van der Waals surface area contributed by atoms with Gasteiger partial charge in [-0.2, -0.15) is 0 Å². The molecule has 1 saturated heterocycles. The normalized spacial score (nSPS) is 18.7. The third-order valence-corrected chi connectivity index (χ3v) is 3.98. The van der Waals surface area contributed by atoms with Crippen LogP contribution in [0.1, 0.15) is 24.2 Å². The molecular weight excluding hydrogens is 331 g/mol. The first kappa shape index (κ1) is 18.9. The fourth-order valence-corrected chi connectivity index (χ4v) is 2.53. The van der Waals surface area contributed by atoms with Crippen LogP contribution in [0.25, 0.3) is 0 Å². The molecule has 8 heteroatoms. The first-order valence-corrected chi connectivity index (χ1v) is 7.99. The van der Waals surface area contributed by atoms with Gasteiger partial charge in [0.15, 0.2) is 6.10 Å². The van der Waals surface area contributed by atoms with Gasteiger partial charge in [0.05, 0.1) is 13.2 Å². The average Bonchev–Trinajstić information content (AvgIpc) is 2.59. The molecule has 0 aliphatic carbocycles. The number of carbonyl (C=O) groups excluding carboxylic acids is 2. The second kappa shape index (κ2) is 8.06. The molecule has 2 amide bonds. The van der Waals surface area contributed by atoms with Crippen LogP contribution in [0.4, 0.5) is 4.39 Å². The van der Waals surface area contributed by atoms with Crippen molar-refractivity contribution in [2.45, 2.75) is 26.0 Å². The van der Waals surface area contributed by atoms with Gasteiger partial charge in [-0.05, 0) is 30.2 Å². The fraction of sp³-hybridized carbons (Fsp3) is 0.471. The molecule has 0 bridgehead atoms. The Morgan fingerprint density at radius 3 is 2.48 bits per heavy atom. The highest BCUT2D eigenvalue weighted by molar-refractivity contribution is 5.97. The summed E-state index contributed by atoms with van der Waals surface area (Å²) in [5, 5.41) is 11.7. The lowest BCUT2D eigenvalue weighted by molar-refractivity contribution is -0.160. The van der Waals surface area contributed by atoms with Crippen LogP contribution in [0.5, 0.6) is 0 Å². The maximum absolute atomic E-state index is 13.0. The second-order valence-electron chi connectivity index (χ2n) is 6.18. The Hall–Kier alpha value is -2.48. The first-order chi connectivity index (χ1) is 11.8. The molecule has 1 aliphatic rings. The monoisotopic (exact) mass is 352 g/mol. The van der Waals surface area contributed by atoms with E-state index in [1.165, 1.54) is 29.2 Å². The van der Waals surface area contributed by atoms with Gasteiger partial charge >= 0.3 is 5.97 Å². The van der Waals surface area contributed by atoms with Gasteiger partial charge in [0.1, 0.15) is 11.9 Å². The molecule has 2 N–H and O–H groups in total. The zero-order valence-corrected chi connectivity index (χ0v) is 14.1. The standard InChI is InChI=1S/C17H21FN2O5/c1-10(2)14(19-15(21)11-3-5-12(18)6-4-11)16(22)20-7-8-25-13(9-20)17(23)24/h3-6,10,13-14H,7-9H2,1-2H3,(H,19,21)(H,23,24). The number of carboxylic acid groups (broad SMARTS) is 1. The molecule has 1 aliphatic heterocycles.